The van der Waals surface area contributed by atoms with Crippen molar-refractivity contribution >= 4 is 23.5 Å². The van der Waals surface area contributed by atoms with Gasteiger partial charge in [0.15, 0.2) is 5.82 Å². The van der Waals surface area contributed by atoms with Gasteiger partial charge in [0.1, 0.15) is 5.82 Å². The average molecular weight is 429 g/mol. The fourth-order valence-electron chi connectivity index (χ4n) is 4.83. The molecule has 4 heterocycles. The molecule has 0 aromatic carbocycles. The van der Waals surface area contributed by atoms with E-state index in [9.17, 15) is 14.4 Å². The summed E-state index contributed by atoms with van der Waals surface area (Å²) in [5.74, 6) is 1.17. The number of piperidine rings is 2. The predicted molar refractivity (Wildman–Crippen MR) is 115 cm³/mol. The van der Waals surface area contributed by atoms with E-state index in [4.69, 9.17) is 9.97 Å². The van der Waals surface area contributed by atoms with Gasteiger partial charge in [0, 0.05) is 58.1 Å². The van der Waals surface area contributed by atoms with Crippen LogP contribution >= 0.6 is 0 Å². The Kier molecular flexibility index (Phi) is 6.50. The number of fused-ring (bicyclic) bond motifs is 1. The van der Waals surface area contributed by atoms with Crippen molar-refractivity contribution in [1.82, 2.24) is 24.7 Å². The zero-order valence-electron chi connectivity index (χ0n) is 18.5. The summed E-state index contributed by atoms with van der Waals surface area (Å²) < 4.78 is 0. The molecule has 31 heavy (non-hydrogen) atoms. The van der Waals surface area contributed by atoms with Gasteiger partial charge in [-0.1, -0.05) is 0 Å². The maximum Gasteiger partial charge on any atom is 0.229 e. The smallest absolute Gasteiger partial charge is 0.229 e. The minimum Gasteiger partial charge on any atom is -0.373 e. The summed E-state index contributed by atoms with van der Waals surface area (Å²) in [6.45, 7) is 2.57. The number of nitrogens with one attached hydrogen (secondary N) is 1. The van der Waals surface area contributed by atoms with E-state index in [1.807, 2.05) is 11.9 Å². The maximum atomic E-state index is 13.1. The number of likely N-dealkylation sites (tertiary alicyclic amines) is 2. The van der Waals surface area contributed by atoms with Crippen LogP contribution < -0.4 is 5.32 Å². The predicted octanol–water partition coefficient (Wildman–Crippen LogP) is 1.49. The number of amides is 3. The molecule has 1 aromatic heterocycles. The summed E-state index contributed by atoms with van der Waals surface area (Å²) in [6.07, 6.45) is 5.23. The van der Waals surface area contributed by atoms with Crippen molar-refractivity contribution in [3.05, 3.63) is 17.1 Å². The highest BCUT2D eigenvalue weighted by Gasteiger charge is 2.33. The van der Waals surface area contributed by atoms with Gasteiger partial charge in [-0.2, -0.15) is 0 Å². The standard InChI is InChI=1S/C22H32N6O3/c1-23-21-15-9-12-26(2)14-16(15)24-22(25-21)17-6-3-4-11-27(17)20(31)10-13-28-18(29)7-5-8-19(28)30/h17H,3-14H2,1-2H3,(H,23,24,25)/t17-/m1/s1. The summed E-state index contributed by atoms with van der Waals surface area (Å²) in [7, 11) is 3.96. The number of anilines is 1. The van der Waals surface area contributed by atoms with Gasteiger partial charge < -0.3 is 15.1 Å². The second-order valence-electron chi connectivity index (χ2n) is 8.73. The van der Waals surface area contributed by atoms with Gasteiger partial charge in [0.25, 0.3) is 0 Å². The number of rotatable bonds is 5. The van der Waals surface area contributed by atoms with Crippen LogP contribution in [0, 0.1) is 0 Å². The van der Waals surface area contributed by atoms with Crippen molar-refractivity contribution in [2.24, 2.45) is 0 Å². The Bertz CT molecular complexity index is 857. The number of hydrogen-bond donors (Lipinski definition) is 1. The molecule has 0 radical (unpaired) electrons. The fourth-order valence-corrected chi connectivity index (χ4v) is 4.83. The first-order valence-corrected chi connectivity index (χ1v) is 11.4. The van der Waals surface area contributed by atoms with Crippen LogP contribution in [-0.2, 0) is 27.3 Å². The molecule has 168 valence electrons. The normalized spacial score (nSPS) is 22.5. The van der Waals surface area contributed by atoms with Crippen LogP contribution in [0.4, 0.5) is 5.82 Å². The Balaban J connectivity index is 1.52. The third kappa shape index (κ3) is 4.56. The van der Waals surface area contributed by atoms with E-state index in [0.717, 1.165) is 50.3 Å². The van der Waals surface area contributed by atoms with E-state index in [0.29, 0.717) is 31.6 Å². The SMILES string of the molecule is CNc1nc([C@H]2CCCCN2C(=O)CCN2C(=O)CCCC2=O)nc2c1CCN(C)C2. The molecule has 1 atom stereocenters. The van der Waals surface area contributed by atoms with Crippen molar-refractivity contribution in [1.29, 1.82) is 0 Å². The number of carbonyl (C=O) groups is 3. The number of imide groups is 1. The highest BCUT2D eigenvalue weighted by atomic mass is 16.2. The van der Waals surface area contributed by atoms with Crippen LogP contribution in [-0.4, -0.2) is 76.1 Å². The molecule has 4 rings (SSSR count). The third-order valence-corrected chi connectivity index (χ3v) is 6.56. The van der Waals surface area contributed by atoms with E-state index in [1.165, 1.54) is 10.5 Å². The zero-order chi connectivity index (χ0) is 22.0. The number of nitrogens with zero attached hydrogens (tertiary/aromatic N) is 5. The summed E-state index contributed by atoms with van der Waals surface area (Å²) in [5, 5.41) is 3.22. The van der Waals surface area contributed by atoms with E-state index in [1.54, 1.807) is 0 Å². The monoisotopic (exact) mass is 428 g/mol. The first kappa shape index (κ1) is 21.7. The molecule has 1 aromatic rings. The van der Waals surface area contributed by atoms with Crippen LogP contribution in [0.15, 0.2) is 0 Å². The first-order valence-electron chi connectivity index (χ1n) is 11.4. The topological polar surface area (TPSA) is 98.7 Å². The Labute approximate surface area is 183 Å². The Morgan fingerprint density at radius 2 is 1.84 bits per heavy atom. The molecule has 1 N–H and O–H groups in total. The van der Waals surface area contributed by atoms with Crippen LogP contribution in [0.5, 0.6) is 0 Å². The lowest BCUT2D eigenvalue weighted by molar-refractivity contribution is -0.148. The maximum absolute atomic E-state index is 13.1. The summed E-state index contributed by atoms with van der Waals surface area (Å²) in [4.78, 5) is 52.3. The van der Waals surface area contributed by atoms with E-state index in [-0.39, 0.29) is 36.7 Å². The molecule has 0 unspecified atom stereocenters. The summed E-state index contributed by atoms with van der Waals surface area (Å²) >= 11 is 0. The largest absolute Gasteiger partial charge is 0.373 e. The molecule has 3 aliphatic heterocycles. The first-order chi connectivity index (χ1) is 15.0. The Hall–Kier alpha value is -2.55. The van der Waals surface area contributed by atoms with Crippen LogP contribution in [0.25, 0.3) is 0 Å². The number of aromatic nitrogens is 2. The van der Waals surface area contributed by atoms with Gasteiger partial charge >= 0.3 is 0 Å². The quantitative estimate of drug-likeness (QED) is 0.710. The van der Waals surface area contributed by atoms with Gasteiger partial charge in [-0.15, -0.1) is 0 Å². The molecule has 3 aliphatic rings. The molecule has 0 spiro atoms. The van der Waals surface area contributed by atoms with Crippen molar-refractivity contribution in [2.45, 2.75) is 64.0 Å². The Morgan fingerprint density at radius 1 is 1.06 bits per heavy atom. The van der Waals surface area contributed by atoms with Crippen LogP contribution in [0.3, 0.4) is 0 Å². The van der Waals surface area contributed by atoms with Gasteiger partial charge in [-0.3, -0.25) is 19.3 Å². The number of hydrogen-bond acceptors (Lipinski definition) is 7. The molecule has 0 saturated carbocycles. The molecular formula is C22H32N6O3. The highest BCUT2D eigenvalue weighted by Crippen LogP contribution is 2.32. The molecule has 9 nitrogen and oxygen atoms in total. The third-order valence-electron chi connectivity index (χ3n) is 6.56. The van der Waals surface area contributed by atoms with Gasteiger partial charge in [-0.05, 0) is 39.2 Å². The lowest BCUT2D eigenvalue weighted by Gasteiger charge is -2.36. The molecule has 0 aliphatic carbocycles. The molecule has 9 heteroatoms. The molecule has 2 saturated heterocycles. The average Bonchev–Trinajstić information content (AvgIpc) is 2.77. The molecule has 3 amide bonds. The lowest BCUT2D eigenvalue weighted by Crippen LogP contribution is -2.44. The lowest BCUT2D eigenvalue weighted by atomic mass is 9.99. The van der Waals surface area contributed by atoms with Gasteiger partial charge in [0.2, 0.25) is 17.7 Å². The second kappa shape index (κ2) is 9.30. The van der Waals surface area contributed by atoms with E-state index < -0.39 is 0 Å². The summed E-state index contributed by atoms with van der Waals surface area (Å²) in [6, 6.07) is -0.168. The highest BCUT2D eigenvalue weighted by molar-refractivity contribution is 5.97. The van der Waals surface area contributed by atoms with Crippen molar-refractivity contribution in [3.63, 3.8) is 0 Å². The van der Waals surface area contributed by atoms with Crippen LogP contribution in [0.1, 0.15) is 68.1 Å². The van der Waals surface area contributed by atoms with Crippen molar-refractivity contribution in [3.8, 4) is 0 Å². The number of likely N-dealkylation sites (N-methyl/N-ethyl adjacent to an activating group) is 1. The molecule has 0 bridgehead atoms. The molecular weight excluding hydrogens is 396 g/mol. The molecule has 2 fully saturated rings. The van der Waals surface area contributed by atoms with Gasteiger partial charge in [-0.25, -0.2) is 9.97 Å². The Morgan fingerprint density at radius 3 is 2.58 bits per heavy atom. The zero-order valence-corrected chi connectivity index (χ0v) is 18.5. The van der Waals surface area contributed by atoms with Crippen molar-refractivity contribution < 1.29 is 14.4 Å². The summed E-state index contributed by atoms with van der Waals surface area (Å²) in [5.41, 5.74) is 2.20. The van der Waals surface area contributed by atoms with E-state index in [2.05, 4.69) is 17.3 Å². The van der Waals surface area contributed by atoms with Gasteiger partial charge in [0.05, 0.1) is 11.7 Å². The fraction of sp³-hybridized carbons (Fsp3) is 0.682. The minimum absolute atomic E-state index is 0.0414. The van der Waals surface area contributed by atoms with Crippen molar-refractivity contribution in [2.75, 3.05) is 39.0 Å². The minimum atomic E-state index is -0.168. The van der Waals surface area contributed by atoms with E-state index >= 15 is 0 Å². The number of carbonyl (C=O) groups excluding carboxylic acids is 3. The second-order valence-corrected chi connectivity index (χ2v) is 8.73. The van der Waals surface area contributed by atoms with Crippen LogP contribution in [0.2, 0.25) is 0 Å².